The van der Waals surface area contributed by atoms with Gasteiger partial charge in [-0.1, -0.05) is 12.1 Å². The number of hydrogen-bond donors (Lipinski definition) is 1. The molecule has 1 heterocycles. The molecule has 0 aliphatic heterocycles. The number of halogens is 2. The van der Waals surface area contributed by atoms with E-state index in [1.54, 1.807) is 6.92 Å². The van der Waals surface area contributed by atoms with Crippen molar-refractivity contribution < 1.29 is 8.78 Å². The van der Waals surface area contributed by atoms with Crippen molar-refractivity contribution in [1.82, 2.24) is 20.3 Å². The first kappa shape index (κ1) is 13.6. The summed E-state index contributed by atoms with van der Waals surface area (Å²) < 4.78 is 28.3. The van der Waals surface area contributed by atoms with Gasteiger partial charge in [-0.05, 0) is 32.5 Å². The quantitative estimate of drug-likeness (QED) is 0.924. The first-order chi connectivity index (χ1) is 9.04. The minimum atomic E-state index is -0.531. The van der Waals surface area contributed by atoms with Gasteiger partial charge in [0.25, 0.3) is 0 Å². The highest BCUT2D eigenvalue weighted by molar-refractivity contribution is 5.35. The Kier molecular flexibility index (Phi) is 3.90. The van der Waals surface area contributed by atoms with E-state index < -0.39 is 11.6 Å². The van der Waals surface area contributed by atoms with Gasteiger partial charge in [0.15, 0.2) is 0 Å². The van der Waals surface area contributed by atoms with Crippen LogP contribution in [0.4, 0.5) is 8.78 Å². The molecule has 0 amide bonds. The third-order valence-corrected chi connectivity index (χ3v) is 2.99. The standard InChI is InChI=1S/C13H16F2N4/c1-4-16-8(2)13-9(3)19(18-17-13)12-7-10(14)5-6-11(12)15/h5-8,16H,4H2,1-3H3. The lowest BCUT2D eigenvalue weighted by Gasteiger charge is -2.10. The zero-order chi connectivity index (χ0) is 14.0. The van der Waals surface area contributed by atoms with Gasteiger partial charge in [-0.2, -0.15) is 0 Å². The van der Waals surface area contributed by atoms with Crippen LogP contribution < -0.4 is 5.32 Å². The molecule has 102 valence electrons. The molecule has 0 radical (unpaired) electrons. The second kappa shape index (κ2) is 5.44. The van der Waals surface area contributed by atoms with Crippen molar-refractivity contribution in [2.24, 2.45) is 0 Å². The molecule has 1 aromatic carbocycles. The minimum Gasteiger partial charge on any atom is -0.309 e. The normalized spacial score (nSPS) is 12.7. The Morgan fingerprint density at radius 3 is 2.79 bits per heavy atom. The monoisotopic (exact) mass is 266 g/mol. The second-order valence-corrected chi connectivity index (χ2v) is 4.35. The molecule has 2 rings (SSSR count). The zero-order valence-electron chi connectivity index (χ0n) is 11.1. The first-order valence-corrected chi connectivity index (χ1v) is 6.15. The summed E-state index contributed by atoms with van der Waals surface area (Å²) in [7, 11) is 0. The molecular formula is C13H16F2N4. The van der Waals surface area contributed by atoms with E-state index in [0.29, 0.717) is 5.69 Å². The van der Waals surface area contributed by atoms with Crippen molar-refractivity contribution in [1.29, 1.82) is 0 Å². The van der Waals surface area contributed by atoms with Gasteiger partial charge < -0.3 is 5.32 Å². The minimum absolute atomic E-state index is 0.00960. The third kappa shape index (κ3) is 2.63. The molecule has 2 aromatic rings. The molecule has 19 heavy (non-hydrogen) atoms. The molecule has 1 aromatic heterocycles. The molecule has 0 saturated carbocycles. The number of nitrogens with one attached hydrogen (secondary N) is 1. The Hall–Kier alpha value is -1.82. The van der Waals surface area contributed by atoms with E-state index in [1.165, 1.54) is 4.68 Å². The largest absolute Gasteiger partial charge is 0.309 e. The number of benzene rings is 1. The van der Waals surface area contributed by atoms with Gasteiger partial charge in [-0.25, -0.2) is 13.5 Å². The van der Waals surface area contributed by atoms with Crippen LogP contribution in [-0.2, 0) is 0 Å². The van der Waals surface area contributed by atoms with E-state index in [4.69, 9.17) is 0 Å². The van der Waals surface area contributed by atoms with Crippen LogP contribution in [0.3, 0.4) is 0 Å². The summed E-state index contributed by atoms with van der Waals surface area (Å²) in [6.07, 6.45) is 0. The van der Waals surface area contributed by atoms with E-state index in [9.17, 15) is 8.78 Å². The van der Waals surface area contributed by atoms with Gasteiger partial charge in [0.2, 0.25) is 0 Å². The molecule has 0 aliphatic rings. The van der Waals surface area contributed by atoms with E-state index >= 15 is 0 Å². The smallest absolute Gasteiger partial charge is 0.149 e. The van der Waals surface area contributed by atoms with E-state index in [-0.39, 0.29) is 11.7 Å². The summed E-state index contributed by atoms with van der Waals surface area (Å²) in [6, 6.07) is 3.28. The van der Waals surface area contributed by atoms with Gasteiger partial charge >= 0.3 is 0 Å². The highest BCUT2D eigenvalue weighted by Gasteiger charge is 2.17. The Morgan fingerprint density at radius 2 is 2.11 bits per heavy atom. The Labute approximate surface area is 110 Å². The summed E-state index contributed by atoms with van der Waals surface area (Å²) in [5.74, 6) is -1.04. The van der Waals surface area contributed by atoms with Gasteiger partial charge in [-0.3, -0.25) is 0 Å². The van der Waals surface area contributed by atoms with Crippen molar-refractivity contribution in [3.8, 4) is 5.69 Å². The lowest BCUT2D eigenvalue weighted by atomic mass is 10.2. The zero-order valence-corrected chi connectivity index (χ0v) is 11.1. The van der Waals surface area contributed by atoms with E-state index in [1.807, 2.05) is 13.8 Å². The van der Waals surface area contributed by atoms with E-state index in [0.717, 1.165) is 30.4 Å². The first-order valence-electron chi connectivity index (χ1n) is 6.15. The lowest BCUT2D eigenvalue weighted by molar-refractivity contribution is 0.579. The van der Waals surface area contributed by atoms with E-state index in [2.05, 4.69) is 15.6 Å². The fourth-order valence-electron chi connectivity index (χ4n) is 2.02. The maximum Gasteiger partial charge on any atom is 0.149 e. The van der Waals surface area contributed by atoms with Crippen LogP contribution in [0.25, 0.3) is 5.69 Å². The van der Waals surface area contributed by atoms with Crippen molar-refractivity contribution in [3.63, 3.8) is 0 Å². The maximum atomic E-state index is 13.7. The van der Waals surface area contributed by atoms with Crippen LogP contribution in [0.15, 0.2) is 18.2 Å². The van der Waals surface area contributed by atoms with Crippen LogP contribution >= 0.6 is 0 Å². The summed E-state index contributed by atoms with van der Waals surface area (Å²) in [6.45, 7) is 6.52. The number of rotatable bonds is 4. The molecule has 0 aliphatic carbocycles. The van der Waals surface area contributed by atoms with Crippen molar-refractivity contribution in [2.45, 2.75) is 26.8 Å². The summed E-state index contributed by atoms with van der Waals surface area (Å²) in [5.41, 5.74) is 1.49. The fourth-order valence-corrected chi connectivity index (χ4v) is 2.02. The highest BCUT2D eigenvalue weighted by Crippen LogP contribution is 2.20. The summed E-state index contributed by atoms with van der Waals surface area (Å²) in [4.78, 5) is 0. The average Bonchev–Trinajstić information content (AvgIpc) is 2.74. The number of aromatic nitrogens is 3. The summed E-state index contributed by atoms with van der Waals surface area (Å²) in [5, 5.41) is 11.2. The molecule has 0 saturated heterocycles. The molecule has 6 heteroatoms. The second-order valence-electron chi connectivity index (χ2n) is 4.35. The Bertz CT molecular complexity index is 580. The van der Waals surface area contributed by atoms with Crippen LogP contribution in [0.2, 0.25) is 0 Å². The molecule has 4 nitrogen and oxygen atoms in total. The molecule has 1 atom stereocenters. The van der Waals surface area contributed by atoms with Crippen molar-refractivity contribution in [3.05, 3.63) is 41.2 Å². The van der Waals surface area contributed by atoms with Crippen LogP contribution in [0, 0.1) is 18.6 Å². The lowest BCUT2D eigenvalue weighted by Crippen LogP contribution is -2.19. The van der Waals surface area contributed by atoms with Crippen LogP contribution in [0.1, 0.15) is 31.3 Å². The SMILES string of the molecule is CCNC(C)c1nnn(-c2cc(F)ccc2F)c1C. The third-order valence-electron chi connectivity index (χ3n) is 2.99. The van der Waals surface area contributed by atoms with Gasteiger partial charge in [0, 0.05) is 6.07 Å². The Morgan fingerprint density at radius 1 is 1.37 bits per heavy atom. The number of nitrogens with zero attached hydrogens (tertiary/aromatic N) is 3. The Balaban J connectivity index is 2.44. The van der Waals surface area contributed by atoms with Gasteiger partial charge in [-0.15, -0.1) is 5.10 Å². The molecular weight excluding hydrogens is 250 g/mol. The average molecular weight is 266 g/mol. The molecule has 1 unspecified atom stereocenters. The van der Waals surface area contributed by atoms with Crippen LogP contribution in [-0.4, -0.2) is 21.5 Å². The highest BCUT2D eigenvalue weighted by atomic mass is 19.1. The van der Waals surface area contributed by atoms with Crippen molar-refractivity contribution >= 4 is 0 Å². The molecule has 0 spiro atoms. The predicted molar refractivity (Wildman–Crippen MR) is 68.1 cm³/mol. The van der Waals surface area contributed by atoms with Gasteiger partial charge in [0.1, 0.15) is 23.0 Å². The predicted octanol–water partition coefficient (Wildman–Crippen LogP) is 2.52. The number of hydrogen-bond acceptors (Lipinski definition) is 3. The van der Waals surface area contributed by atoms with Crippen LogP contribution in [0.5, 0.6) is 0 Å². The van der Waals surface area contributed by atoms with Crippen molar-refractivity contribution in [2.75, 3.05) is 6.54 Å². The fraction of sp³-hybridized carbons (Fsp3) is 0.385. The molecule has 0 fully saturated rings. The molecule has 1 N–H and O–H groups in total. The van der Waals surface area contributed by atoms with Gasteiger partial charge in [0.05, 0.1) is 11.7 Å². The molecule has 0 bridgehead atoms. The summed E-state index contributed by atoms with van der Waals surface area (Å²) >= 11 is 0. The topological polar surface area (TPSA) is 42.7 Å². The maximum absolute atomic E-state index is 13.7.